The maximum atomic E-state index is 6.41. The van der Waals surface area contributed by atoms with E-state index in [0.29, 0.717) is 5.82 Å². The van der Waals surface area contributed by atoms with Crippen molar-refractivity contribution < 1.29 is 4.42 Å². The molecule has 13 rings (SSSR count). The lowest BCUT2D eigenvalue weighted by atomic mass is 9.81. The normalized spacial score (nSPS) is 13.0. The topological polar surface area (TPSA) is 38.9 Å². The van der Waals surface area contributed by atoms with E-state index >= 15 is 0 Å². The standard InChI is InChI=1S/C61H40N2O/c1-61(2)53-26-14-25-49(59(53)52-32-39-18-6-8-19-40(39)34-54(52)61)46-28-29-48(45-23-12-11-22-44(45)46)56-36-55(62-60(63-56)37-15-4-3-5-16-37)47-24-13-10-21-43(47)42-27-30-57-50(33-42)51-31-38-17-7-9-20-41(38)35-58(51)64-57/h3-36H,1-2H3. The van der Waals surface area contributed by atoms with Crippen LogP contribution in [0.2, 0.25) is 0 Å². The molecule has 2 aromatic heterocycles. The van der Waals surface area contributed by atoms with Gasteiger partial charge in [-0.1, -0.05) is 178 Å². The molecule has 0 unspecified atom stereocenters. The summed E-state index contributed by atoms with van der Waals surface area (Å²) in [6, 6.07) is 74.3. The van der Waals surface area contributed by atoms with Gasteiger partial charge in [0.1, 0.15) is 11.2 Å². The third kappa shape index (κ3) is 5.60. The van der Waals surface area contributed by atoms with E-state index in [1.54, 1.807) is 0 Å². The molecule has 0 bridgehead atoms. The molecule has 0 aliphatic heterocycles. The first-order valence-corrected chi connectivity index (χ1v) is 22.1. The molecule has 0 spiro atoms. The highest BCUT2D eigenvalue weighted by Crippen LogP contribution is 2.54. The molecule has 0 fully saturated rings. The van der Waals surface area contributed by atoms with Crippen molar-refractivity contribution in [3.8, 4) is 67.3 Å². The van der Waals surface area contributed by atoms with Crippen molar-refractivity contribution in [2.24, 2.45) is 0 Å². The van der Waals surface area contributed by atoms with Gasteiger partial charge in [-0.2, -0.15) is 0 Å². The third-order valence-electron chi connectivity index (χ3n) is 13.7. The van der Waals surface area contributed by atoms with Crippen LogP contribution >= 0.6 is 0 Å². The van der Waals surface area contributed by atoms with Crippen molar-refractivity contribution in [1.82, 2.24) is 9.97 Å². The van der Waals surface area contributed by atoms with Crippen molar-refractivity contribution >= 4 is 54.3 Å². The van der Waals surface area contributed by atoms with Gasteiger partial charge < -0.3 is 4.42 Å². The van der Waals surface area contributed by atoms with E-state index < -0.39 is 0 Å². The number of fused-ring (bicyclic) bond motifs is 9. The van der Waals surface area contributed by atoms with Crippen molar-refractivity contribution in [2.45, 2.75) is 19.3 Å². The Balaban J connectivity index is 0.987. The molecule has 12 aromatic rings. The number of hydrogen-bond donors (Lipinski definition) is 0. The van der Waals surface area contributed by atoms with Gasteiger partial charge in [0.15, 0.2) is 5.82 Å². The van der Waals surface area contributed by atoms with E-state index in [1.165, 1.54) is 60.3 Å². The number of aromatic nitrogens is 2. The Labute approximate surface area is 371 Å². The first-order valence-electron chi connectivity index (χ1n) is 22.1. The number of nitrogens with zero attached hydrogens (tertiary/aromatic N) is 2. The molecule has 300 valence electrons. The van der Waals surface area contributed by atoms with Crippen LogP contribution < -0.4 is 0 Å². The Hall–Kier alpha value is -8.14. The molecule has 0 amide bonds. The number of hydrogen-bond acceptors (Lipinski definition) is 3. The molecule has 1 aliphatic rings. The summed E-state index contributed by atoms with van der Waals surface area (Å²) in [5, 5.41) is 9.45. The SMILES string of the molecule is CC1(C)c2cc3ccccc3cc2-c2c(-c3ccc(-c4cc(-c5ccccc5-c5ccc6oc7cc8ccccc8cc7c6c5)nc(-c5ccccc5)n4)c4ccccc34)cccc21. The smallest absolute Gasteiger partial charge is 0.160 e. The second kappa shape index (κ2) is 13.9. The fourth-order valence-corrected chi connectivity index (χ4v) is 10.5. The quantitative estimate of drug-likeness (QED) is 0.174. The largest absolute Gasteiger partial charge is 0.456 e. The van der Waals surface area contributed by atoms with E-state index in [-0.39, 0.29) is 5.41 Å². The van der Waals surface area contributed by atoms with Crippen molar-refractivity contribution in [3.63, 3.8) is 0 Å². The lowest BCUT2D eigenvalue weighted by Gasteiger charge is -2.22. The Kier molecular flexibility index (Phi) is 7.95. The summed E-state index contributed by atoms with van der Waals surface area (Å²) in [5.74, 6) is 0.686. The van der Waals surface area contributed by atoms with Gasteiger partial charge in [-0.25, -0.2) is 9.97 Å². The summed E-state index contributed by atoms with van der Waals surface area (Å²) in [6.07, 6.45) is 0. The van der Waals surface area contributed by atoms with Gasteiger partial charge in [-0.3, -0.25) is 0 Å². The maximum absolute atomic E-state index is 6.41. The van der Waals surface area contributed by atoms with E-state index in [1.807, 2.05) is 6.07 Å². The van der Waals surface area contributed by atoms with Crippen molar-refractivity contribution in [3.05, 3.63) is 217 Å². The Morgan fingerprint density at radius 3 is 1.72 bits per heavy atom. The monoisotopic (exact) mass is 816 g/mol. The van der Waals surface area contributed by atoms with Crippen LogP contribution in [0.15, 0.2) is 211 Å². The molecule has 10 aromatic carbocycles. The summed E-state index contributed by atoms with van der Waals surface area (Å²) >= 11 is 0. The van der Waals surface area contributed by atoms with E-state index in [0.717, 1.165) is 66.5 Å². The predicted octanol–water partition coefficient (Wildman–Crippen LogP) is 16.5. The fourth-order valence-electron chi connectivity index (χ4n) is 10.5. The highest BCUT2D eigenvalue weighted by Gasteiger charge is 2.37. The molecular weight excluding hydrogens is 777 g/mol. The van der Waals surface area contributed by atoms with Gasteiger partial charge in [0.05, 0.1) is 11.4 Å². The highest BCUT2D eigenvalue weighted by molar-refractivity contribution is 6.12. The zero-order valence-corrected chi connectivity index (χ0v) is 35.4. The van der Waals surface area contributed by atoms with Crippen LogP contribution in [0.25, 0.3) is 122 Å². The average molecular weight is 817 g/mol. The van der Waals surface area contributed by atoms with E-state index in [4.69, 9.17) is 14.4 Å². The Morgan fingerprint density at radius 2 is 0.938 bits per heavy atom. The molecule has 3 nitrogen and oxygen atoms in total. The first kappa shape index (κ1) is 36.5. The molecule has 0 saturated carbocycles. The molecule has 0 saturated heterocycles. The number of furan rings is 1. The zero-order valence-electron chi connectivity index (χ0n) is 35.4. The average Bonchev–Trinajstić information content (AvgIpc) is 3.81. The fraction of sp³-hybridized carbons (Fsp3) is 0.0492. The van der Waals surface area contributed by atoms with Gasteiger partial charge in [-0.05, 0) is 119 Å². The van der Waals surface area contributed by atoms with Crippen LogP contribution in [-0.4, -0.2) is 9.97 Å². The summed E-state index contributed by atoms with van der Waals surface area (Å²) in [6.45, 7) is 4.73. The first-order chi connectivity index (χ1) is 31.5. The van der Waals surface area contributed by atoms with Crippen LogP contribution in [0.3, 0.4) is 0 Å². The molecule has 64 heavy (non-hydrogen) atoms. The van der Waals surface area contributed by atoms with E-state index in [9.17, 15) is 0 Å². The lowest BCUT2D eigenvalue weighted by Crippen LogP contribution is -2.14. The van der Waals surface area contributed by atoms with Gasteiger partial charge in [-0.15, -0.1) is 0 Å². The molecule has 0 N–H and O–H groups in total. The summed E-state index contributed by atoms with van der Waals surface area (Å²) < 4.78 is 6.41. The molecule has 3 heteroatoms. The van der Waals surface area contributed by atoms with Crippen LogP contribution in [0.1, 0.15) is 25.0 Å². The van der Waals surface area contributed by atoms with Crippen LogP contribution in [0, 0.1) is 0 Å². The second-order valence-electron chi connectivity index (χ2n) is 17.7. The Bertz CT molecular complexity index is 3880. The van der Waals surface area contributed by atoms with Crippen LogP contribution in [-0.2, 0) is 5.41 Å². The summed E-state index contributed by atoms with van der Waals surface area (Å²) in [4.78, 5) is 10.7. The number of rotatable bonds is 5. The third-order valence-corrected chi connectivity index (χ3v) is 13.7. The molecular formula is C61H40N2O. The molecule has 0 atom stereocenters. The highest BCUT2D eigenvalue weighted by atomic mass is 16.3. The van der Waals surface area contributed by atoms with Gasteiger partial charge in [0.2, 0.25) is 0 Å². The van der Waals surface area contributed by atoms with Gasteiger partial charge in [0, 0.05) is 32.9 Å². The minimum Gasteiger partial charge on any atom is -0.456 e. The van der Waals surface area contributed by atoms with E-state index in [2.05, 4.69) is 214 Å². The van der Waals surface area contributed by atoms with Crippen molar-refractivity contribution in [2.75, 3.05) is 0 Å². The minimum atomic E-state index is -0.130. The van der Waals surface area contributed by atoms with Gasteiger partial charge >= 0.3 is 0 Å². The molecule has 2 heterocycles. The van der Waals surface area contributed by atoms with Crippen LogP contribution in [0.4, 0.5) is 0 Å². The van der Waals surface area contributed by atoms with Crippen LogP contribution in [0.5, 0.6) is 0 Å². The maximum Gasteiger partial charge on any atom is 0.160 e. The minimum absolute atomic E-state index is 0.130. The zero-order chi connectivity index (χ0) is 42.5. The predicted molar refractivity (Wildman–Crippen MR) is 267 cm³/mol. The summed E-state index contributed by atoms with van der Waals surface area (Å²) in [5.41, 5.74) is 16.5. The Morgan fingerprint density at radius 1 is 0.344 bits per heavy atom. The van der Waals surface area contributed by atoms with Gasteiger partial charge in [0.25, 0.3) is 0 Å². The number of benzene rings is 10. The molecule has 1 aliphatic carbocycles. The summed E-state index contributed by atoms with van der Waals surface area (Å²) in [7, 11) is 0. The second-order valence-corrected chi connectivity index (χ2v) is 17.7. The molecule has 0 radical (unpaired) electrons. The lowest BCUT2D eigenvalue weighted by molar-refractivity contribution is 0.661. The van der Waals surface area contributed by atoms with Crippen molar-refractivity contribution in [1.29, 1.82) is 0 Å².